The van der Waals surface area contributed by atoms with Crippen LogP contribution >= 0.6 is 0 Å². The van der Waals surface area contributed by atoms with Crippen molar-refractivity contribution < 1.29 is 9.59 Å². The number of rotatable bonds is 8. The number of unbranched alkanes of at least 4 members (excludes halogenated alkanes) is 1. The van der Waals surface area contributed by atoms with E-state index < -0.39 is 5.92 Å². The molecular formula is C26H30N4O2. The van der Waals surface area contributed by atoms with E-state index in [-0.39, 0.29) is 24.3 Å². The van der Waals surface area contributed by atoms with Crippen molar-refractivity contribution >= 4 is 17.5 Å². The highest BCUT2D eigenvalue weighted by Crippen LogP contribution is 2.27. The van der Waals surface area contributed by atoms with Crippen molar-refractivity contribution in [2.75, 3.05) is 11.4 Å². The van der Waals surface area contributed by atoms with Gasteiger partial charge in [0.25, 0.3) is 0 Å². The van der Waals surface area contributed by atoms with E-state index in [9.17, 15) is 9.59 Å². The zero-order valence-electron chi connectivity index (χ0n) is 18.7. The molecule has 2 aromatic carbocycles. The SMILES string of the molecule is CCCCc1ccc(N2CC(C(=O)NC(c3ccccc3)c3nccn3C)CC2=O)cc1. The fourth-order valence-corrected chi connectivity index (χ4v) is 4.21. The van der Waals surface area contributed by atoms with Crippen molar-refractivity contribution in [2.24, 2.45) is 13.0 Å². The molecule has 2 unspecified atom stereocenters. The van der Waals surface area contributed by atoms with Crippen LogP contribution in [-0.4, -0.2) is 27.9 Å². The van der Waals surface area contributed by atoms with E-state index >= 15 is 0 Å². The van der Waals surface area contributed by atoms with Gasteiger partial charge in [-0.2, -0.15) is 0 Å². The van der Waals surface area contributed by atoms with Crippen molar-refractivity contribution in [3.63, 3.8) is 0 Å². The third kappa shape index (κ3) is 4.74. The molecule has 2 heterocycles. The fourth-order valence-electron chi connectivity index (χ4n) is 4.21. The molecule has 6 heteroatoms. The second-order valence-electron chi connectivity index (χ2n) is 8.42. The third-order valence-corrected chi connectivity index (χ3v) is 6.10. The molecule has 1 aromatic heterocycles. The number of nitrogens with zero attached hydrogens (tertiary/aromatic N) is 3. The van der Waals surface area contributed by atoms with E-state index in [0.717, 1.165) is 36.3 Å². The Kier molecular flexibility index (Phi) is 6.69. The largest absolute Gasteiger partial charge is 0.342 e. The number of carbonyl (C=O) groups excluding carboxylic acids is 2. The van der Waals surface area contributed by atoms with Crippen molar-refractivity contribution in [1.29, 1.82) is 0 Å². The quantitative estimate of drug-likeness (QED) is 0.587. The van der Waals surface area contributed by atoms with Gasteiger partial charge in [0.2, 0.25) is 11.8 Å². The molecule has 1 N–H and O–H groups in total. The van der Waals surface area contributed by atoms with Gasteiger partial charge in [0, 0.05) is 38.1 Å². The van der Waals surface area contributed by atoms with Gasteiger partial charge in [-0.15, -0.1) is 0 Å². The minimum absolute atomic E-state index is 0.0142. The van der Waals surface area contributed by atoms with Gasteiger partial charge in [0.15, 0.2) is 0 Å². The summed E-state index contributed by atoms with van der Waals surface area (Å²) in [7, 11) is 1.91. The van der Waals surface area contributed by atoms with Crippen molar-refractivity contribution in [3.05, 3.63) is 83.9 Å². The predicted octanol–water partition coefficient (Wildman–Crippen LogP) is 4.02. The minimum atomic E-state index is -0.395. The molecule has 32 heavy (non-hydrogen) atoms. The number of amides is 2. The van der Waals surface area contributed by atoms with E-state index in [0.29, 0.717) is 6.54 Å². The maximum Gasteiger partial charge on any atom is 0.227 e. The second-order valence-corrected chi connectivity index (χ2v) is 8.42. The van der Waals surface area contributed by atoms with E-state index in [1.807, 2.05) is 60.3 Å². The topological polar surface area (TPSA) is 67.2 Å². The summed E-state index contributed by atoms with van der Waals surface area (Å²) in [6.45, 7) is 2.57. The number of anilines is 1. The Hall–Kier alpha value is -3.41. The lowest BCUT2D eigenvalue weighted by molar-refractivity contribution is -0.126. The Balaban J connectivity index is 1.47. The fraction of sp³-hybridized carbons (Fsp3) is 0.346. The normalized spacial score (nSPS) is 16.9. The van der Waals surface area contributed by atoms with Crippen LogP contribution in [0.5, 0.6) is 0 Å². The zero-order chi connectivity index (χ0) is 22.5. The molecule has 1 aliphatic rings. The number of aryl methyl sites for hydroxylation is 2. The van der Waals surface area contributed by atoms with Crippen molar-refractivity contribution in [2.45, 2.75) is 38.6 Å². The second kappa shape index (κ2) is 9.81. The van der Waals surface area contributed by atoms with Crippen LogP contribution < -0.4 is 10.2 Å². The average Bonchev–Trinajstić information content (AvgIpc) is 3.42. The highest BCUT2D eigenvalue weighted by molar-refractivity contribution is 6.00. The Labute approximate surface area is 189 Å². The molecule has 0 saturated carbocycles. The number of imidazole rings is 1. The molecule has 1 fully saturated rings. The van der Waals surface area contributed by atoms with E-state index in [2.05, 4.69) is 29.4 Å². The van der Waals surface area contributed by atoms with E-state index in [1.54, 1.807) is 11.1 Å². The summed E-state index contributed by atoms with van der Waals surface area (Å²) < 4.78 is 1.91. The molecule has 0 bridgehead atoms. The summed E-state index contributed by atoms with van der Waals surface area (Å²) >= 11 is 0. The van der Waals surface area contributed by atoms with Gasteiger partial charge < -0.3 is 14.8 Å². The van der Waals surface area contributed by atoms with Crippen molar-refractivity contribution in [3.8, 4) is 0 Å². The van der Waals surface area contributed by atoms with Gasteiger partial charge >= 0.3 is 0 Å². The van der Waals surface area contributed by atoms with Crippen LogP contribution in [0.2, 0.25) is 0 Å². The Morgan fingerprint density at radius 1 is 1.16 bits per heavy atom. The lowest BCUT2D eigenvalue weighted by Crippen LogP contribution is -2.37. The molecule has 0 radical (unpaired) electrons. The lowest BCUT2D eigenvalue weighted by atomic mass is 10.0. The molecule has 166 valence electrons. The van der Waals surface area contributed by atoms with Crippen LogP contribution in [-0.2, 0) is 23.1 Å². The summed E-state index contributed by atoms with van der Waals surface area (Å²) in [5.41, 5.74) is 3.09. The molecule has 2 amide bonds. The lowest BCUT2D eigenvalue weighted by Gasteiger charge is -2.21. The molecule has 0 spiro atoms. The number of hydrogen-bond donors (Lipinski definition) is 1. The number of hydrogen-bond acceptors (Lipinski definition) is 3. The first-order chi connectivity index (χ1) is 15.6. The molecule has 4 rings (SSSR count). The Morgan fingerprint density at radius 3 is 2.56 bits per heavy atom. The molecule has 0 aliphatic carbocycles. The first-order valence-corrected chi connectivity index (χ1v) is 11.3. The van der Waals surface area contributed by atoms with Crippen LogP contribution in [0.15, 0.2) is 67.0 Å². The molecule has 2 atom stereocenters. The van der Waals surface area contributed by atoms with Crippen LogP contribution in [0, 0.1) is 5.92 Å². The van der Waals surface area contributed by atoms with Crippen LogP contribution in [0.1, 0.15) is 49.2 Å². The first-order valence-electron chi connectivity index (χ1n) is 11.3. The predicted molar refractivity (Wildman–Crippen MR) is 125 cm³/mol. The maximum atomic E-state index is 13.2. The monoisotopic (exact) mass is 430 g/mol. The van der Waals surface area contributed by atoms with Crippen LogP contribution in [0.25, 0.3) is 0 Å². The summed E-state index contributed by atoms with van der Waals surface area (Å²) in [4.78, 5) is 32.1. The number of aromatic nitrogens is 2. The Morgan fingerprint density at radius 2 is 1.91 bits per heavy atom. The Bertz CT molecular complexity index is 1060. The molecular weight excluding hydrogens is 400 g/mol. The number of nitrogens with one attached hydrogen (secondary N) is 1. The highest BCUT2D eigenvalue weighted by Gasteiger charge is 2.36. The third-order valence-electron chi connectivity index (χ3n) is 6.10. The van der Waals surface area contributed by atoms with Gasteiger partial charge in [0.05, 0.1) is 5.92 Å². The van der Waals surface area contributed by atoms with Crippen molar-refractivity contribution in [1.82, 2.24) is 14.9 Å². The standard InChI is InChI=1S/C26H30N4O2/c1-3-4-8-19-11-13-22(14-12-19)30-18-21(17-23(30)31)26(32)28-24(20-9-6-5-7-10-20)25-27-15-16-29(25)2/h5-7,9-16,21,24H,3-4,8,17-18H2,1-2H3,(H,28,32). The smallest absolute Gasteiger partial charge is 0.227 e. The maximum absolute atomic E-state index is 13.2. The molecule has 1 saturated heterocycles. The summed E-state index contributed by atoms with van der Waals surface area (Å²) in [6.07, 6.45) is 7.16. The van der Waals surface area contributed by atoms with Gasteiger partial charge in [-0.05, 0) is 36.1 Å². The van der Waals surface area contributed by atoms with Crippen LogP contribution in [0.3, 0.4) is 0 Å². The summed E-state index contributed by atoms with van der Waals surface area (Å²) in [6, 6.07) is 17.6. The van der Waals surface area contributed by atoms with Gasteiger partial charge in [-0.3, -0.25) is 9.59 Å². The molecule has 1 aliphatic heterocycles. The summed E-state index contributed by atoms with van der Waals surface area (Å²) in [5, 5.41) is 3.14. The van der Waals surface area contributed by atoms with Gasteiger partial charge in [0.1, 0.15) is 11.9 Å². The number of benzene rings is 2. The van der Waals surface area contributed by atoms with E-state index in [1.165, 1.54) is 5.56 Å². The zero-order valence-corrected chi connectivity index (χ0v) is 18.7. The first kappa shape index (κ1) is 21.8. The minimum Gasteiger partial charge on any atom is -0.342 e. The van der Waals surface area contributed by atoms with Gasteiger partial charge in [-0.1, -0.05) is 55.8 Å². The molecule has 6 nitrogen and oxygen atoms in total. The van der Waals surface area contributed by atoms with Gasteiger partial charge in [-0.25, -0.2) is 4.98 Å². The van der Waals surface area contributed by atoms with Crippen LogP contribution in [0.4, 0.5) is 5.69 Å². The number of carbonyl (C=O) groups is 2. The highest BCUT2D eigenvalue weighted by atomic mass is 16.2. The van der Waals surface area contributed by atoms with E-state index in [4.69, 9.17) is 0 Å². The average molecular weight is 431 g/mol. The molecule has 3 aromatic rings. The summed E-state index contributed by atoms with van der Waals surface area (Å²) in [5.74, 6) is 0.221.